The fourth-order valence-electron chi connectivity index (χ4n) is 2.10. The maximum Gasteiger partial charge on any atom is 0.416 e. The van der Waals surface area contributed by atoms with Crippen molar-refractivity contribution in [2.75, 3.05) is 6.61 Å². The van der Waals surface area contributed by atoms with Gasteiger partial charge in [-0.3, -0.25) is 0 Å². The van der Waals surface area contributed by atoms with Gasteiger partial charge in [-0.1, -0.05) is 42.8 Å². The predicted octanol–water partition coefficient (Wildman–Crippen LogP) is 5.03. The first-order chi connectivity index (χ1) is 10.8. The van der Waals surface area contributed by atoms with Crippen LogP contribution in [-0.4, -0.2) is 11.7 Å². The smallest absolute Gasteiger partial charge is 0.416 e. The number of alkyl halides is 3. The zero-order chi connectivity index (χ0) is 17.0. The summed E-state index contributed by atoms with van der Waals surface area (Å²) in [6, 6.07) is 10.3. The number of aliphatic hydroxyl groups is 1. The van der Waals surface area contributed by atoms with E-state index < -0.39 is 17.8 Å². The van der Waals surface area contributed by atoms with Gasteiger partial charge in [-0.25, -0.2) is 0 Å². The third-order valence-electron chi connectivity index (χ3n) is 3.45. The second-order valence-electron chi connectivity index (χ2n) is 5.03. The van der Waals surface area contributed by atoms with Crippen molar-refractivity contribution >= 4 is 11.6 Å². The van der Waals surface area contributed by atoms with Crippen LogP contribution in [0.5, 0.6) is 5.75 Å². The number of aliphatic hydroxyl groups excluding tert-OH is 1. The molecule has 1 unspecified atom stereocenters. The molecule has 1 atom stereocenters. The quantitative estimate of drug-likeness (QED) is 0.824. The molecule has 2 aromatic carbocycles. The van der Waals surface area contributed by atoms with Crippen LogP contribution in [0.25, 0.3) is 0 Å². The molecule has 0 bridgehead atoms. The Balaban J connectivity index is 2.21. The van der Waals surface area contributed by atoms with E-state index in [1.54, 1.807) is 0 Å². The minimum Gasteiger partial charge on any atom is -0.482 e. The predicted molar refractivity (Wildman–Crippen MR) is 82.7 cm³/mol. The molecule has 0 aliphatic rings. The topological polar surface area (TPSA) is 29.5 Å². The molecular formula is C17H16ClF3O2. The maximum atomic E-state index is 12.6. The first-order valence-corrected chi connectivity index (χ1v) is 7.46. The monoisotopic (exact) mass is 344 g/mol. The summed E-state index contributed by atoms with van der Waals surface area (Å²) in [5.74, 6) is 0.0956. The van der Waals surface area contributed by atoms with Gasteiger partial charge in [0.1, 0.15) is 11.9 Å². The van der Waals surface area contributed by atoms with Crippen molar-refractivity contribution in [3.63, 3.8) is 0 Å². The molecule has 2 aromatic rings. The molecule has 1 N–H and O–H groups in total. The molecule has 2 rings (SSSR count). The minimum atomic E-state index is -4.46. The standard InChI is InChI=1S/C17H16ClF3O2/c1-2-11-3-5-12(6-4-11)16(10-22)23-15-8-7-13(9-14(15)18)17(19,20)21/h3-9,16,22H,2,10H2,1H3. The van der Waals surface area contributed by atoms with Crippen molar-refractivity contribution in [3.8, 4) is 5.75 Å². The van der Waals surface area contributed by atoms with E-state index in [4.69, 9.17) is 16.3 Å². The Labute approximate surface area is 137 Å². The number of ether oxygens (including phenoxy) is 1. The molecule has 23 heavy (non-hydrogen) atoms. The second-order valence-corrected chi connectivity index (χ2v) is 5.43. The maximum absolute atomic E-state index is 12.6. The zero-order valence-electron chi connectivity index (χ0n) is 12.4. The molecule has 0 amide bonds. The average Bonchev–Trinajstić information content (AvgIpc) is 2.53. The summed E-state index contributed by atoms with van der Waals surface area (Å²) in [7, 11) is 0. The van der Waals surface area contributed by atoms with Crippen molar-refractivity contribution in [3.05, 3.63) is 64.2 Å². The third kappa shape index (κ3) is 4.39. The van der Waals surface area contributed by atoms with Gasteiger partial charge in [0.15, 0.2) is 0 Å². The first kappa shape index (κ1) is 17.6. The highest BCUT2D eigenvalue weighted by molar-refractivity contribution is 6.32. The number of hydrogen-bond acceptors (Lipinski definition) is 2. The molecular weight excluding hydrogens is 329 g/mol. The van der Waals surface area contributed by atoms with Gasteiger partial charge in [0, 0.05) is 0 Å². The number of hydrogen-bond donors (Lipinski definition) is 1. The minimum absolute atomic E-state index is 0.0956. The second kappa shape index (κ2) is 7.23. The molecule has 124 valence electrons. The number of rotatable bonds is 5. The van der Waals surface area contributed by atoms with E-state index in [1.165, 1.54) is 0 Å². The Morgan fingerprint density at radius 1 is 1.13 bits per heavy atom. The van der Waals surface area contributed by atoms with Crippen molar-refractivity contribution < 1.29 is 23.0 Å². The number of aryl methyl sites for hydroxylation is 1. The highest BCUT2D eigenvalue weighted by Gasteiger charge is 2.31. The van der Waals surface area contributed by atoms with Crippen LogP contribution in [0, 0.1) is 0 Å². The van der Waals surface area contributed by atoms with E-state index in [9.17, 15) is 18.3 Å². The van der Waals surface area contributed by atoms with Crippen LogP contribution in [0.2, 0.25) is 5.02 Å². The highest BCUT2D eigenvalue weighted by atomic mass is 35.5. The largest absolute Gasteiger partial charge is 0.482 e. The summed E-state index contributed by atoms with van der Waals surface area (Å²) in [6.07, 6.45) is -4.28. The van der Waals surface area contributed by atoms with Gasteiger partial charge in [0.2, 0.25) is 0 Å². The van der Waals surface area contributed by atoms with E-state index in [1.807, 2.05) is 31.2 Å². The summed E-state index contributed by atoms with van der Waals surface area (Å²) >= 11 is 5.86. The van der Waals surface area contributed by atoms with Crippen LogP contribution >= 0.6 is 11.6 Å². The van der Waals surface area contributed by atoms with Gasteiger partial charge in [-0.2, -0.15) is 13.2 Å². The lowest BCUT2D eigenvalue weighted by Gasteiger charge is -2.19. The summed E-state index contributed by atoms with van der Waals surface area (Å²) in [4.78, 5) is 0. The summed E-state index contributed by atoms with van der Waals surface area (Å²) in [5, 5.41) is 9.34. The average molecular weight is 345 g/mol. The van der Waals surface area contributed by atoms with E-state index in [0.29, 0.717) is 0 Å². The molecule has 0 radical (unpaired) electrons. The van der Waals surface area contributed by atoms with Gasteiger partial charge < -0.3 is 9.84 Å². The third-order valence-corrected chi connectivity index (χ3v) is 3.75. The first-order valence-electron chi connectivity index (χ1n) is 7.08. The van der Waals surface area contributed by atoms with Gasteiger partial charge in [0.25, 0.3) is 0 Å². The van der Waals surface area contributed by atoms with Crippen LogP contribution in [0.15, 0.2) is 42.5 Å². The lowest BCUT2D eigenvalue weighted by molar-refractivity contribution is -0.137. The van der Waals surface area contributed by atoms with Crippen LogP contribution in [-0.2, 0) is 12.6 Å². The fourth-order valence-corrected chi connectivity index (χ4v) is 2.33. The molecule has 0 aliphatic heterocycles. The van der Waals surface area contributed by atoms with Crippen molar-refractivity contribution in [1.29, 1.82) is 0 Å². The fraction of sp³-hybridized carbons (Fsp3) is 0.294. The lowest BCUT2D eigenvalue weighted by Crippen LogP contribution is -2.13. The van der Waals surface area contributed by atoms with Crippen LogP contribution < -0.4 is 4.74 Å². The van der Waals surface area contributed by atoms with Crippen LogP contribution in [0.1, 0.15) is 29.7 Å². The lowest BCUT2D eigenvalue weighted by atomic mass is 10.1. The van der Waals surface area contributed by atoms with Crippen molar-refractivity contribution in [2.24, 2.45) is 0 Å². The molecule has 2 nitrogen and oxygen atoms in total. The summed E-state index contributed by atoms with van der Waals surface area (Å²) in [6.45, 7) is 1.71. The van der Waals surface area contributed by atoms with Crippen LogP contribution in [0.4, 0.5) is 13.2 Å². The molecule has 0 saturated heterocycles. The van der Waals surface area contributed by atoms with Gasteiger partial charge in [0.05, 0.1) is 17.2 Å². The van der Waals surface area contributed by atoms with Crippen molar-refractivity contribution in [1.82, 2.24) is 0 Å². The Morgan fingerprint density at radius 3 is 2.26 bits per heavy atom. The number of halogens is 4. The summed E-state index contributed by atoms with van der Waals surface area (Å²) < 4.78 is 43.4. The normalized spacial score (nSPS) is 13.0. The molecule has 0 aliphatic carbocycles. The Bertz CT molecular complexity index is 654. The SMILES string of the molecule is CCc1ccc(C(CO)Oc2ccc(C(F)(F)F)cc2Cl)cc1. The molecule has 0 fully saturated rings. The molecule has 6 heteroatoms. The summed E-state index contributed by atoms with van der Waals surface area (Å²) in [5.41, 5.74) is 1.02. The molecule has 0 spiro atoms. The van der Waals surface area contributed by atoms with E-state index >= 15 is 0 Å². The Morgan fingerprint density at radius 2 is 1.78 bits per heavy atom. The Kier molecular flexibility index (Phi) is 5.55. The van der Waals surface area contributed by atoms with E-state index in [0.717, 1.165) is 35.7 Å². The molecule has 0 heterocycles. The van der Waals surface area contributed by atoms with E-state index in [2.05, 4.69) is 0 Å². The Hall–Kier alpha value is -1.72. The zero-order valence-corrected chi connectivity index (χ0v) is 13.2. The molecule has 0 saturated carbocycles. The van der Waals surface area contributed by atoms with Crippen LogP contribution in [0.3, 0.4) is 0 Å². The number of benzene rings is 2. The van der Waals surface area contributed by atoms with Gasteiger partial charge in [-0.05, 0) is 35.7 Å². The highest BCUT2D eigenvalue weighted by Crippen LogP contribution is 2.36. The molecule has 0 aromatic heterocycles. The van der Waals surface area contributed by atoms with Crippen molar-refractivity contribution in [2.45, 2.75) is 25.6 Å². The van der Waals surface area contributed by atoms with Gasteiger partial charge >= 0.3 is 6.18 Å². The van der Waals surface area contributed by atoms with Gasteiger partial charge in [-0.15, -0.1) is 0 Å². The van der Waals surface area contributed by atoms with E-state index in [-0.39, 0.29) is 17.4 Å².